The summed E-state index contributed by atoms with van der Waals surface area (Å²) in [7, 11) is 0. The molecule has 1 aromatic carbocycles. The standard InChI is InChI=1S/C11H9BrF2N2S/c1-6(11-15-2-3-17-11)16-10-5-8(13)7(12)4-9(10)14/h2-6,16H,1H3. The average Bonchev–Trinajstić information content (AvgIpc) is 2.79. The first-order valence-electron chi connectivity index (χ1n) is 4.88. The number of thiazole rings is 1. The molecule has 0 radical (unpaired) electrons. The Morgan fingerprint density at radius 2 is 2.12 bits per heavy atom. The zero-order valence-electron chi connectivity index (χ0n) is 8.88. The van der Waals surface area contributed by atoms with E-state index >= 15 is 0 Å². The Hall–Kier alpha value is -1.01. The van der Waals surface area contributed by atoms with Gasteiger partial charge >= 0.3 is 0 Å². The van der Waals surface area contributed by atoms with Crippen molar-refractivity contribution >= 4 is 33.0 Å². The van der Waals surface area contributed by atoms with Crippen LogP contribution in [0.15, 0.2) is 28.2 Å². The maximum absolute atomic E-state index is 13.6. The molecule has 0 aliphatic carbocycles. The molecule has 17 heavy (non-hydrogen) atoms. The molecule has 1 unspecified atom stereocenters. The molecule has 0 saturated heterocycles. The summed E-state index contributed by atoms with van der Waals surface area (Å²) < 4.78 is 27.0. The fourth-order valence-electron chi connectivity index (χ4n) is 1.38. The molecule has 2 rings (SSSR count). The highest BCUT2D eigenvalue weighted by Gasteiger charge is 2.13. The molecule has 1 heterocycles. The van der Waals surface area contributed by atoms with Gasteiger partial charge in [-0.1, -0.05) is 0 Å². The Kier molecular flexibility index (Phi) is 3.73. The van der Waals surface area contributed by atoms with Crippen LogP contribution >= 0.6 is 27.3 Å². The lowest BCUT2D eigenvalue weighted by Crippen LogP contribution is -2.08. The molecule has 1 N–H and O–H groups in total. The van der Waals surface area contributed by atoms with Crippen LogP contribution in [-0.2, 0) is 0 Å². The van der Waals surface area contributed by atoms with Crippen LogP contribution in [-0.4, -0.2) is 4.98 Å². The lowest BCUT2D eigenvalue weighted by atomic mass is 10.2. The third kappa shape index (κ3) is 2.81. The molecule has 1 aromatic heterocycles. The smallest absolute Gasteiger partial charge is 0.147 e. The van der Waals surface area contributed by atoms with Crippen molar-refractivity contribution in [3.05, 3.63) is 44.8 Å². The number of anilines is 1. The number of hydrogen-bond acceptors (Lipinski definition) is 3. The van der Waals surface area contributed by atoms with Crippen LogP contribution < -0.4 is 5.32 Å². The van der Waals surface area contributed by atoms with Gasteiger partial charge in [-0.2, -0.15) is 0 Å². The number of halogens is 3. The highest BCUT2D eigenvalue weighted by Crippen LogP contribution is 2.27. The van der Waals surface area contributed by atoms with E-state index in [0.29, 0.717) is 0 Å². The molecule has 6 heteroatoms. The highest BCUT2D eigenvalue weighted by molar-refractivity contribution is 9.10. The van der Waals surface area contributed by atoms with Crippen molar-refractivity contribution in [1.29, 1.82) is 0 Å². The Morgan fingerprint density at radius 3 is 2.76 bits per heavy atom. The van der Waals surface area contributed by atoms with Crippen molar-refractivity contribution in [2.75, 3.05) is 5.32 Å². The zero-order chi connectivity index (χ0) is 12.4. The molecule has 2 aromatic rings. The van der Waals surface area contributed by atoms with Crippen molar-refractivity contribution in [3.8, 4) is 0 Å². The molecule has 1 atom stereocenters. The Bertz CT molecular complexity index is 516. The van der Waals surface area contributed by atoms with E-state index in [2.05, 4.69) is 26.2 Å². The van der Waals surface area contributed by atoms with Gasteiger partial charge in [-0.25, -0.2) is 13.8 Å². The van der Waals surface area contributed by atoms with E-state index in [1.54, 1.807) is 6.20 Å². The predicted molar refractivity (Wildman–Crippen MR) is 68.2 cm³/mol. The van der Waals surface area contributed by atoms with Gasteiger partial charge in [-0.15, -0.1) is 11.3 Å². The van der Waals surface area contributed by atoms with Gasteiger partial charge in [-0.05, 0) is 28.9 Å². The molecule has 0 fully saturated rings. The van der Waals surface area contributed by atoms with Crippen LogP contribution in [0.5, 0.6) is 0 Å². The van der Waals surface area contributed by atoms with Crippen LogP contribution in [0.2, 0.25) is 0 Å². The van der Waals surface area contributed by atoms with Crippen LogP contribution in [0.3, 0.4) is 0 Å². The highest BCUT2D eigenvalue weighted by atomic mass is 79.9. The van der Waals surface area contributed by atoms with Crippen molar-refractivity contribution in [1.82, 2.24) is 4.98 Å². The topological polar surface area (TPSA) is 24.9 Å². The molecule has 0 amide bonds. The third-order valence-electron chi connectivity index (χ3n) is 2.20. The number of nitrogens with one attached hydrogen (secondary N) is 1. The lowest BCUT2D eigenvalue weighted by Gasteiger charge is -2.13. The number of aromatic nitrogens is 1. The molecule has 0 spiro atoms. The minimum absolute atomic E-state index is 0.113. The van der Waals surface area contributed by atoms with Crippen LogP contribution in [0, 0.1) is 11.6 Å². The van der Waals surface area contributed by atoms with Gasteiger partial charge in [0.2, 0.25) is 0 Å². The van der Waals surface area contributed by atoms with Crippen molar-refractivity contribution in [2.45, 2.75) is 13.0 Å². The summed E-state index contributed by atoms with van der Waals surface area (Å²) in [6.45, 7) is 1.85. The van der Waals surface area contributed by atoms with E-state index in [0.717, 1.165) is 17.1 Å². The minimum atomic E-state index is -0.500. The zero-order valence-corrected chi connectivity index (χ0v) is 11.3. The molecule has 2 nitrogen and oxygen atoms in total. The average molecular weight is 319 g/mol. The summed E-state index contributed by atoms with van der Waals surface area (Å²) in [4.78, 5) is 4.11. The molecule has 0 aliphatic rings. The Morgan fingerprint density at radius 1 is 1.35 bits per heavy atom. The molecular formula is C11H9BrF2N2S. The van der Waals surface area contributed by atoms with Crippen LogP contribution in [0.25, 0.3) is 0 Å². The first kappa shape index (κ1) is 12.4. The largest absolute Gasteiger partial charge is 0.374 e. The first-order chi connectivity index (χ1) is 8.08. The fraction of sp³-hybridized carbons (Fsp3) is 0.182. The van der Waals surface area contributed by atoms with Gasteiger partial charge in [0.15, 0.2) is 0 Å². The van der Waals surface area contributed by atoms with Gasteiger partial charge in [0.1, 0.15) is 16.6 Å². The van der Waals surface area contributed by atoms with Gasteiger partial charge in [0, 0.05) is 17.6 Å². The second-order valence-electron chi connectivity index (χ2n) is 3.48. The van der Waals surface area contributed by atoms with Crippen molar-refractivity contribution < 1.29 is 8.78 Å². The normalized spacial score (nSPS) is 12.5. The molecular weight excluding hydrogens is 310 g/mol. The van der Waals surface area contributed by atoms with Gasteiger partial charge in [-0.3, -0.25) is 0 Å². The summed E-state index contributed by atoms with van der Waals surface area (Å²) in [5.41, 5.74) is 0.133. The number of rotatable bonds is 3. The summed E-state index contributed by atoms with van der Waals surface area (Å²) in [6, 6.07) is 2.07. The number of hydrogen-bond donors (Lipinski definition) is 1. The second kappa shape index (κ2) is 5.10. The Labute approximate surface area is 110 Å². The van der Waals surface area contributed by atoms with E-state index in [4.69, 9.17) is 0 Å². The van der Waals surface area contributed by atoms with Crippen molar-refractivity contribution in [3.63, 3.8) is 0 Å². The van der Waals surface area contributed by atoms with Crippen molar-refractivity contribution in [2.24, 2.45) is 0 Å². The van der Waals surface area contributed by atoms with E-state index in [9.17, 15) is 8.78 Å². The maximum atomic E-state index is 13.6. The van der Waals surface area contributed by atoms with Gasteiger partial charge in [0.05, 0.1) is 16.2 Å². The van der Waals surface area contributed by atoms with E-state index in [1.807, 2.05) is 12.3 Å². The summed E-state index contributed by atoms with van der Waals surface area (Å²) in [5.74, 6) is -0.998. The van der Waals surface area contributed by atoms with Gasteiger partial charge in [0.25, 0.3) is 0 Å². The summed E-state index contributed by atoms with van der Waals surface area (Å²) >= 11 is 4.40. The summed E-state index contributed by atoms with van der Waals surface area (Å²) in [5, 5.41) is 5.56. The Balaban J connectivity index is 2.22. The van der Waals surface area contributed by atoms with Crippen LogP contribution in [0.1, 0.15) is 18.0 Å². The quantitative estimate of drug-likeness (QED) is 0.851. The number of benzene rings is 1. The molecule has 0 aliphatic heterocycles. The van der Waals surface area contributed by atoms with E-state index in [-0.39, 0.29) is 16.2 Å². The minimum Gasteiger partial charge on any atom is -0.374 e. The third-order valence-corrected chi connectivity index (χ3v) is 3.77. The van der Waals surface area contributed by atoms with E-state index < -0.39 is 11.6 Å². The molecule has 0 saturated carbocycles. The van der Waals surface area contributed by atoms with Crippen LogP contribution in [0.4, 0.5) is 14.5 Å². The monoisotopic (exact) mass is 318 g/mol. The first-order valence-corrected chi connectivity index (χ1v) is 6.55. The second-order valence-corrected chi connectivity index (χ2v) is 5.26. The SMILES string of the molecule is CC(Nc1cc(F)c(Br)cc1F)c1nccs1. The molecule has 0 bridgehead atoms. The molecule has 90 valence electrons. The maximum Gasteiger partial charge on any atom is 0.147 e. The van der Waals surface area contributed by atoms with E-state index in [1.165, 1.54) is 11.3 Å². The summed E-state index contributed by atoms with van der Waals surface area (Å²) in [6.07, 6.45) is 1.68. The van der Waals surface area contributed by atoms with Gasteiger partial charge < -0.3 is 5.32 Å². The fourth-order valence-corrected chi connectivity index (χ4v) is 2.34. The predicted octanol–water partition coefficient (Wildman–Crippen LogP) is 4.36. The lowest BCUT2D eigenvalue weighted by molar-refractivity contribution is 0.595. The number of nitrogens with zero attached hydrogens (tertiary/aromatic N) is 1.